The highest BCUT2D eigenvalue weighted by Crippen LogP contribution is 2.22. The lowest BCUT2D eigenvalue weighted by molar-refractivity contribution is -0.0543. The van der Waals surface area contributed by atoms with Crippen LogP contribution in [0.3, 0.4) is 0 Å². The van der Waals surface area contributed by atoms with Crippen molar-refractivity contribution in [3.63, 3.8) is 0 Å². The third kappa shape index (κ3) is 3.08. The van der Waals surface area contributed by atoms with Gasteiger partial charge < -0.3 is 24.9 Å². The highest BCUT2D eigenvalue weighted by Gasteiger charge is 2.29. The fourth-order valence-corrected chi connectivity index (χ4v) is 2.49. The maximum atomic E-state index is 10.5. The summed E-state index contributed by atoms with van der Waals surface area (Å²) in [6.07, 6.45) is 6.79. The molecule has 0 radical (unpaired) electrons. The number of imidazole rings is 1. The average Bonchev–Trinajstić information content (AvgIpc) is 2.94. The molecule has 1 aliphatic rings. The van der Waals surface area contributed by atoms with Gasteiger partial charge in [-0.15, -0.1) is 0 Å². The average molecular weight is 291 g/mol. The highest BCUT2D eigenvalue weighted by atomic mass is 16.5. The van der Waals surface area contributed by atoms with Crippen molar-refractivity contribution in [1.82, 2.24) is 14.4 Å². The molecule has 0 spiro atoms. The molecule has 7 heteroatoms. The van der Waals surface area contributed by atoms with Crippen LogP contribution in [0.2, 0.25) is 0 Å². The van der Waals surface area contributed by atoms with Crippen LogP contribution in [0.25, 0.3) is 5.65 Å². The molecule has 3 N–H and O–H groups in total. The molecule has 2 aromatic heterocycles. The summed E-state index contributed by atoms with van der Waals surface area (Å²) in [6.45, 7) is 4.47. The Balaban J connectivity index is 1.80. The molecule has 0 aliphatic carbocycles. The van der Waals surface area contributed by atoms with Crippen molar-refractivity contribution >= 4 is 17.3 Å². The van der Waals surface area contributed by atoms with Gasteiger partial charge in [0.1, 0.15) is 5.82 Å². The van der Waals surface area contributed by atoms with Crippen LogP contribution in [-0.4, -0.2) is 51.4 Å². The summed E-state index contributed by atoms with van der Waals surface area (Å²) >= 11 is 0. The number of nitrogens with zero attached hydrogens (tertiary/aromatic N) is 3. The van der Waals surface area contributed by atoms with Gasteiger partial charge in [-0.2, -0.15) is 0 Å². The monoisotopic (exact) mass is 291 g/mol. The van der Waals surface area contributed by atoms with Crippen LogP contribution in [0, 0.1) is 0 Å². The summed E-state index contributed by atoms with van der Waals surface area (Å²) < 4.78 is 7.21. The molecule has 2 aromatic rings. The van der Waals surface area contributed by atoms with Gasteiger partial charge in [0, 0.05) is 51.5 Å². The predicted molar refractivity (Wildman–Crippen MR) is 80.6 cm³/mol. The third-order valence-electron chi connectivity index (χ3n) is 3.74. The third-order valence-corrected chi connectivity index (χ3v) is 3.74. The fraction of sp³-hybridized carbons (Fsp3) is 0.571. The van der Waals surface area contributed by atoms with Gasteiger partial charge in [-0.1, -0.05) is 0 Å². The molecule has 0 unspecified atom stereocenters. The zero-order chi connectivity index (χ0) is 14.7. The van der Waals surface area contributed by atoms with E-state index in [1.54, 1.807) is 6.20 Å². The number of aliphatic hydroxyl groups is 1. The molecule has 114 valence electrons. The van der Waals surface area contributed by atoms with Crippen LogP contribution in [0.1, 0.15) is 19.8 Å². The standard InChI is InChI=1S/C14H21N5O2/c1-2-15-11-9-19-6-5-16-13(19)12(18-11)17-10-14(20)3-7-21-8-4-14/h5-6,9,15,20H,2-4,7-8,10H2,1H3,(H,17,18). The zero-order valence-electron chi connectivity index (χ0n) is 12.2. The highest BCUT2D eigenvalue weighted by molar-refractivity contribution is 5.65. The zero-order valence-corrected chi connectivity index (χ0v) is 12.2. The van der Waals surface area contributed by atoms with Gasteiger partial charge in [0.25, 0.3) is 0 Å². The molecule has 1 saturated heterocycles. The van der Waals surface area contributed by atoms with Crippen molar-refractivity contribution in [2.24, 2.45) is 0 Å². The lowest BCUT2D eigenvalue weighted by Crippen LogP contribution is -2.42. The van der Waals surface area contributed by atoms with E-state index in [2.05, 4.69) is 20.6 Å². The number of aromatic nitrogens is 3. The largest absolute Gasteiger partial charge is 0.388 e. The van der Waals surface area contributed by atoms with Crippen LogP contribution in [0.4, 0.5) is 11.6 Å². The SMILES string of the molecule is CCNc1cn2ccnc2c(NCC2(O)CCOCC2)n1. The Labute approximate surface area is 123 Å². The summed E-state index contributed by atoms with van der Waals surface area (Å²) in [6, 6.07) is 0. The van der Waals surface area contributed by atoms with Crippen LogP contribution in [0.5, 0.6) is 0 Å². The molecule has 3 rings (SSSR count). The molecule has 0 atom stereocenters. The van der Waals surface area contributed by atoms with Crippen molar-refractivity contribution in [3.8, 4) is 0 Å². The second-order valence-electron chi connectivity index (χ2n) is 5.35. The smallest absolute Gasteiger partial charge is 0.180 e. The summed E-state index contributed by atoms with van der Waals surface area (Å²) in [7, 11) is 0. The Morgan fingerprint density at radius 3 is 2.95 bits per heavy atom. The minimum atomic E-state index is -0.738. The molecular formula is C14H21N5O2. The summed E-state index contributed by atoms with van der Waals surface area (Å²) in [5.41, 5.74) is 0.0184. The number of nitrogens with one attached hydrogen (secondary N) is 2. The van der Waals surface area contributed by atoms with Gasteiger partial charge in [0.05, 0.1) is 11.8 Å². The molecule has 0 amide bonds. The molecule has 21 heavy (non-hydrogen) atoms. The Hall–Kier alpha value is -1.86. The van der Waals surface area contributed by atoms with E-state index < -0.39 is 5.60 Å². The second-order valence-corrected chi connectivity index (χ2v) is 5.35. The van der Waals surface area contributed by atoms with E-state index >= 15 is 0 Å². The number of anilines is 2. The topological polar surface area (TPSA) is 83.7 Å². The van der Waals surface area contributed by atoms with Crippen molar-refractivity contribution in [1.29, 1.82) is 0 Å². The second kappa shape index (κ2) is 5.87. The van der Waals surface area contributed by atoms with E-state index in [-0.39, 0.29) is 0 Å². The minimum absolute atomic E-state index is 0.446. The molecule has 1 fully saturated rings. The fourth-order valence-electron chi connectivity index (χ4n) is 2.49. The molecule has 0 aromatic carbocycles. The van der Waals surface area contributed by atoms with Crippen molar-refractivity contribution < 1.29 is 9.84 Å². The minimum Gasteiger partial charge on any atom is -0.388 e. The van der Waals surface area contributed by atoms with Gasteiger partial charge in [-0.3, -0.25) is 0 Å². The Kier molecular flexibility index (Phi) is 3.94. The first-order valence-electron chi connectivity index (χ1n) is 7.32. The summed E-state index contributed by atoms with van der Waals surface area (Å²) in [5.74, 6) is 1.46. The van der Waals surface area contributed by atoms with Gasteiger partial charge in [0.2, 0.25) is 0 Å². The first kappa shape index (κ1) is 14.1. The Bertz CT molecular complexity index is 606. The van der Waals surface area contributed by atoms with E-state index in [0.717, 1.165) is 18.0 Å². The maximum absolute atomic E-state index is 10.5. The normalized spacial score (nSPS) is 17.8. The van der Waals surface area contributed by atoms with Crippen molar-refractivity contribution in [3.05, 3.63) is 18.6 Å². The number of ether oxygens (including phenoxy) is 1. The van der Waals surface area contributed by atoms with Gasteiger partial charge >= 0.3 is 0 Å². The predicted octanol–water partition coefficient (Wildman–Crippen LogP) is 1.11. The molecule has 0 saturated carbocycles. The quantitative estimate of drug-likeness (QED) is 0.765. The number of fused-ring (bicyclic) bond motifs is 1. The molecular weight excluding hydrogens is 270 g/mol. The first-order valence-corrected chi connectivity index (χ1v) is 7.32. The Morgan fingerprint density at radius 1 is 1.38 bits per heavy atom. The van der Waals surface area contributed by atoms with E-state index in [1.807, 2.05) is 23.7 Å². The lowest BCUT2D eigenvalue weighted by atomic mass is 9.94. The van der Waals surface area contributed by atoms with Gasteiger partial charge in [-0.05, 0) is 6.92 Å². The van der Waals surface area contributed by atoms with Crippen molar-refractivity contribution in [2.75, 3.05) is 36.9 Å². The molecule has 3 heterocycles. The number of hydrogen-bond donors (Lipinski definition) is 3. The lowest BCUT2D eigenvalue weighted by Gasteiger charge is -2.32. The molecule has 7 nitrogen and oxygen atoms in total. The van der Waals surface area contributed by atoms with E-state index in [1.165, 1.54) is 0 Å². The van der Waals surface area contributed by atoms with Crippen LogP contribution in [0.15, 0.2) is 18.6 Å². The van der Waals surface area contributed by atoms with Crippen LogP contribution >= 0.6 is 0 Å². The van der Waals surface area contributed by atoms with E-state index in [9.17, 15) is 5.11 Å². The van der Waals surface area contributed by atoms with E-state index in [0.29, 0.717) is 38.4 Å². The maximum Gasteiger partial charge on any atom is 0.180 e. The van der Waals surface area contributed by atoms with Gasteiger partial charge in [-0.25, -0.2) is 9.97 Å². The van der Waals surface area contributed by atoms with E-state index in [4.69, 9.17) is 4.74 Å². The van der Waals surface area contributed by atoms with Crippen LogP contribution < -0.4 is 10.6 Å². The Morgan fingerprint density at radius 2 is 2.19 bits per heavy atom. The van der Waals surface area contributed by atoms with Crippen LogP contribution in [-0.2, 0) is 4.74 Å². The van der Waals surface area contributed by atoms with Crippen molar-refractivity contribution in [2.45, 2.75) is 25.4 Å². The van der Waals surface area contributed by atoms with Gasteiger partial charge in [0.15, 0.2) is 11.5 Å². The number of rotatable bonds is 5. The first-order chi connectivity index (χ1) is 10.2. The summed E-state index contributed by atoms with van der Waals surface area (Å²) in [4.78, 5) is 8.84. The molecule has 0 bridgehead atoms. The summed E-state index contributed by atoms with van der Waals surface area (Å²) in [5, 5.41) is 17.0. The molecule has 1 aliphatic heterocycles. The number of hydrogen-bond acceptors (Lipinski definition) is 6.